The molecule has 0 bridgehead atoms. The molecule has 0 radical (unpaired) electrons. The van der Waals surface area contributed by atoms with Crippen LogP contribution < -0.4 is 10.5 Å². The summed E-state index contributed by atoms with van der Waals surface area (Å²) in [5.74, 6) is 0.517. The van der Waals surface area contributed by atoms with Crippen molar-refractivity contribution in [1.29, 1.82) is 0 Å². The Hall–Kier alpha value is -1.23. The van der Waals surface area contributed by atoms with Crippen LogP contribution in [-0.4, -0.2) is 13.3 Å². The van der Waals surface area contributed by atoms with Crippen molar-refractivity contribution in [2.24, 2.45) is 5.73 Å². The van der Waals surface area contributed by atoms with Crippen molar-refractivity contribution in [3.8, 4) is 5.75 Å². The Morgan fingerprint density at radius 2 is 2.00 bits per heavy atom. The second-order valence-electron chi connectivity index (χ2n) is 3.14. The average molecular weight is 219 g/mol. The molecule has 2 N–H and O–H groups in total. The van der Waals surface area contributed by atoms with Gasteiger partial charge in [0.2, 0.25) is 0 Å². The first-order valence-corrected chi connectivity index (χ1v) is 4.39. The first kappa shape index (κ1) is 11.8. The summed E-state index contributed by atoms with van der Waals surface area (Å²) >= 11 is 0. The molecule has 2 nitrogen and oxygen atoms in total. The van der Waals surface area contributed by atoms with Crippen molar-refractivity contribution in [2.75, 3.05) is 7.11 Å². The minimum absolute atomic E-state index is 0.162. The van der Waals surface area contributed by atoms with E-state index in [1.807, 2.05) is 0 Å². The Morgan fingerprint density at radius 1 is 1.33 bits per heavy atom. The van der Waals surface area contributed by atoms with Crippen LogP contribution in [0, 0.1) is 0 Å². The zero-order chi connectivity index (χ0) is 11.5. The molecule has 0 saturated carbocycles. The predicted octanol–water partition coefficient (Wildman–Crippen LogP) is 2.26. The molecular formula is C10H12F3NO. The van der Waals surface area contributed by atoms with Gasteiger partial charge in [-0.15, -0.1) is 0 Å². The maximum absolute atomic E-state index is 12.1. The molecular weight excluding hydrogens is 207 g/mol. The minimum atomic E-state index is -4.19. The Balaban J connectivity index is 2.93. The van der Waals surface area contributed by atoms with Crippen LogP contribution in [0.4, 0.5) is 13.2 Å². The molecule has 0 spiro atoms. The third-order valence-corrected chi connectivity index (χ3v) is 1.97. The van der Waals surface area contributed by atoms with Crippen LogP contribution in [0.25, 0.3) is 0 Å². The van der Waals surface area contributed by atoms with Crippen LogP contribution in [0.2, 0.25) is 0 Å². The number of benzene rings is 1. The number of alkyl halides is 3. The molecule has 0 aromatic heterocycles. The van der Waals surface area contributed by atoms with Crippen molar-refractivity contribution in [3.05, 3.63) is 29.3 Å². The van der Waals surface area contributed by atoms with Gasteiger partial charge in [-0.1, -0.05) is 12.1 Å². The van der Waals surface area contributed by atoms with E-state index < -0.39 is 12.6 Å². The molecule has 0 aliphatic rings. The van der Waals surface area contributed by atoms with Crippen LogP contribution >= 0.6 is 0 Å². The van der Waals surface area contributed by atoms with E-state index in [1.54, 1.807) is 0 Å². The number of rotatable bonds is 3. The predicted molar refractivity (Wildman–Crippen MR) is 50.6 cm³/mol. The molecule has 0 aliphatic carbocycles. The van der Waals surface area contributed by atoms with Crippen molar-refractivity contribution in [3.63, 3.8) is 0 Å². The van der Waals surface area contributed by atoms with Gasteiger partial charge in [0.05, 0.1) is 13.5 Å². The fourth-order valence-corrected chi connectivity index (χ4v) is 1.33. The molecule has 0 saturated heterocycles. The highest BCUT2D eigenvalue weighted by molar-refractivity contribution is 5.37. The quantitative estimate of drug-likeness (QED) is 0.846. The van der Waals surface area contributed by atoms with Crippen molar-refractivity contribution in [1.82, 2.24) is 0 Å². The standard InChI is InChI=1S/C10H12F3NO/c1-15-9-3-2-7(4-8(9)6-14)5-10(11,12)13/h2-4H,5-6,14H2,1H3. The molecule has 15 heavy (non-hydrogen) atoms. The van der Waals surface area contributed by atoms with Gasteiger partial charge < -0.3 is 10.5 Å². The summed E-state index contributed by atoms with van der Waals surface area (Å²) in [6.45, 7) is 0.162. The molecule has 5 heteroatoms. The topological polar surface area (TPSA) is 35.2 Å². The van der Waals surface area contributed by atoms with Gasteiger partial charge in [-0.25, -0.2) is 0 Å². The third kappa shape index (κ3) is 3.43. The van der Waals surface area contributed by atoms with Crippen LogP contribution in [0.5, 0.6) is 5.75 Å². The first-order chi connectivity index (χ1) is 6.96. The molecule has 84 valence electrons. The number of hydrogen-bond donors (Lipinski definition) is 1. The average Bonchev–Trinajstić information content (AvgIpc) is 2.15. The van der Waals surface area contributed by atoms with Crippen LogP contribution in [-0.2, 0) is 13.0 Å². The summed E-state index contributed by atoms with van der Waals surface area (Å²) in [6.07, 6.45) is -5.13. The number of methoxy groups -OCH3 is 1. The Labute approximate surface area is 85.8 Å². The molecule has 1 aromatic carbocycles. The van der Waals surface area contributed by atoms with Gasteiger partial charge in [-0.2, -0.15) is 13.2 Å². The molecule has 1 rings (SSSR count). The highest BCUT2D eigenvalue weighted by Gasteiger charge is 2.27. The molecule has 0 heterocycles. The summed E-state index contributed by atoms with van der Waals surface area (Å²) in [5.41, 5.74) is 6.18. The van der Waals surface area contributed by atoms with Crippen molar-refractivity contribution in [2.45, 2.75) is 19.1 Å². The lowest BCUT2D eigenvalue weighted by Crippen LogP contribution is -2.12. The van der Waals surface area contributed by atoms with Gasteiger partial charge in [0.1, 0.15) is 5.75 Å². The summed E-state index contributed by atoms with van der Waals surface area (Å²) in [6, 6.07) is 4.32. The number of ether oxygens (including phenoxy) is 1. The molecule has 0 aliphatic heterocycles. The smallest absolute Gasteiger partial charge is 0.393 e. The minimum Gasteiger partial charge on any atom is -0.496 e. The van der Waals surface area contributed by atoms with Crippen LogP contribution in [0.3, 0.4) is 0 Å². The second kappa shape index (κ2) is 4.53. The van der Waals surface area contributed by atoms with Gasteiger partial charge in [0.15, 0.2) is 0 Å². The van der Waals surface area contributed by atoms with E-state index in [9.17, 15) is 13.2 Å². The van der Waals surface area contributed by atoms with E-state index in [0.29, 0.717) is 11.3 Å². The SMILES string of the molecule is COc1ccc(CC(F)(F)F)cc1CN. The maximum atomic E-state index is 12.1. The van der Waals surface area contributed by atoms with Crippen LogP contribution in [0.1, 0.15) is 11.1 Å². The molecule has 1 aromatic rings. The monoisotopic (exact) mass is 219 g/mol. The highest BCUT2D eigenvalue weighted by Crippen LogP contribution is 2.25. The lowest BCUT2D eigenvalue weighted by molar-refractivity contribution is -0.127. The Kier molecular flexibility index (Phi) is 3.57. The first-order valence-electron chi connectivity index (χ1n) is 4.39. The fourth-order valence-electron chi connectivity index (χ4n) is 1.33. The molecule has 0 unspecified atom stereocenters. The lowest BCUT2D eigenvalue weighted by atomic mass is 10.1. The molecule has 0 amide bonds. The number of nitrogens with two attached hydrogens (primary N) is 1. The second-order valence-corrected chi connectivity index (χ2v) is 3.14. The summed E-state index contributed by atoms with van der Waals surface area (Å²) < 4.78 is 41.3. The number of halogens is 3. The van der Waals surface area contributed by atoms with Gasteiger partial charge in [0, 0.05) is 12.1 Å². The van der Waals surface area contributed by atoms with Gasteiger partial charge >= 0.3 is 6.18 Å². The molecule has 0 atom stereocenters. The zero-order valence-corrected chi connectivity index (χ0v) is 8.27. The highest BCUT2D eigenvalue weighted by atomic mass is 19.4. The lowest BCUT2D eigenvalue weighted by Gasteiger charge is -2.10. The van der Waals surface area contributed by atoms with Gasteiger partial charge in [0.25, 0.3) is 0 Å². The third-order valence-electron chi connectivity index (χ3n) is 1.97. The maximum Gasteiger partial charge on any atom is 0.393 e. The Bertz CT molecular complexity index is 336. The largest absolute Gasteiger partial charge is 0.496 e. The summed E-state index contributed by atoms with van der Waals surface area (Å²) in [5, 5.41) is 0. The van der Waals surface area contributed by atoms with E-state index in [2.05, 4.69) is 0 Å². The zero-order valence-electron chi connectivity index (χ0n) is 8.27. The van der Waals surface area contributed by atoms with Crippen molar-refractivity contribution >= 4 is 0 Å². The van der Waals surface area contributed by atoms with E-state index in [0.717, 1.165) is 0 Å². The van der Waals surface area contributed by atoms with Gasteiger partial charge in [-0.3, -0.25) is 0 Å². The fraction of sp³-hybridized carbons (Fsp3) is 0.400. The summed E-state index contributed by atoms with van der Waals surface area (Å²) in [4.78, 5) is 0. The van der Waals surface area contributed by atoms with Crippen LogP contribution in [0.15, 0.2) is 18.2 Å². The van der Waals surface area contributed by atoms with E-state index in [-0.39, 0.29) is 12.1 Å². The van der Waals surface area contributed by atoms with E-state index in [1.165, 1.54) is 25.3 Å². The number of hydrogen-bond acceptors (Lipinski definition) is 2. The Morgan fingerprint density at radius 3 is 2.47 bits per heavy atom. The van der Waals surface area contributed by atoms with Crippen molar-refractivity contribution < 1.29 is 17.9 Å². The van der Waals surface area contributed by atoms with Gasteiger partial charge in [-0.05, 0) is 11.6 Å². The normalized spacial score (nSPS) is 11.5. The summed E-state index contributed by atoms with van der Waals surface area (Å²) in [7, 11) is 1.46. The van der Waals surface area contributed by atoms with E-state index in [4.69, 9.17) is 10.5 Å². The van der Waals surface area contributed by atoms with E-state index >= 15 is 0 Å². The molecule has 0 fully saturated rings.